The van der Waals surface area contributed by atoms with Crippen molar-refractivity contribution in [3.05, 3.63) is 70.9 Å². The summed E-state index contributed by atoms with van der Waals surface area (Å²) in [6, 6.07) is 11.0. The van der Waals surface area contributed by atoms with Crippen molar-refractivity contribution < 1.29 is 22.7 Å². The van der Waals surface area contributed by atoms with Crippen molar-refractivity contribution in [3.63, 3.8) is 0 Å². The summed E-state index contributed by atoms with van der Waals surface area (Å²) < 4.78 is 48.5. The van der Waals surface area contributed by atoms with E-state index in [4.69, 9.17) is 9.72 Å². The van der Waals surface area contributed by atoms with Crippen LogP contribution in [0.1, 0.15) is 45.9 Å². The fourth-order valence-electron chi connectivity index (χ4n) is 5.75. The Hall–Kier alpha value is -3.45. The van der Waals surface area contributed by atoms with Gasteiger partial charge in [0.2, 0.25) is 0 Å². The molecule has 2 aromatic heterocycles. The summed E-state index contributed by atoms with van der Waals surface area (Å²) in [7, 11) is 1.06. The van der Waals surface area contributed by atoms with Crippen LogP contribution in [0.2, 0.25) is 0 Å². The van der Waals surface area contributed by atoms with Gasteiger partial charge in [0, 0.05) is 47.2 Å². The summed E-state index contributed by atoms with van der Waals surface area (Å²) in [5, 5.41) is 0.658. The van der Waals surface area contributed by atoms with Gasteiger partial charge in [0.1, 0.15) is 17.4 Å². The quantitative estimate of drug-likeness (QED) is 0.325. The highest BCUT2D eigenvalue weighted by atomic mass is 31.1. The summed E-state index contributed by atoms with van der Waals surface area (Å²) in [5.41, 5.74) is 4.13. The van der Waals surface area contributed by atoms with E-state index in [-0.39, 0.29) is 23.5 Å². The number of pyridine rings is 1. The molecule has 0 saturated heterocycles. The molecular weight excluding hydrogens is 500 g/mol. The number of benzene rings is 2. The molecule has 0 fully saturated rings. The normalized spacial score (nSPS) is 18.5. The molecule has 2 aromatic carbocycles. The van der Waals surface area contributed by atoms with Crippen molar-refractivity contribution in [2.45, 2.75) is 32.0 Å². The molecule has 190 valence electrons. The number of carbonyl (C=O) groups is 1. The topological polar surface area (TPSA) is 60.2 Å². The molecule has 0 saturated carbocycles. The Balaban J connectivity index is 1.55. The van der Waals surface area contributed by atoms with Gasteiger partial charge in [-0.25, -0.2) is 9.37 Å². The van der Waals surface area contributed by atoms with Crippen LogP contribution in [0.5, 0.6) is 5.75 Å². The maximum Gasteiger partial charge on any atom is 0.387 e. The average Bonchev–Trinajstić information content (AvgIpc) is 3.35. The zero-order valence-electron chi connectivity index (χ0n) is 20.7. The van der Waals surface area contributed by atoms with Gasteiger partial charge in [0.05, 0.1) is 28.8 Å². The van der Waals surface area contributed by atoms with Crippen molar-refractivity contribution in [1.82, 2.24) is 19.4 Å². The van der Waals surface area contributed by atoms with E-state index >= 15 is 0 Å². The summed E-state index contributed by atoms with van der Waals surface area (Å²) in [4.78, 5) is 24.4. The van der Waals surface area contributed by atoms with Gasteiger partial charge >= 0.3 is 6.61 Å². The number of aromatic nitrogens is 3. The Morgan fingerprint density at radius 2 is 1.89 bits per heavy atom. The Labute approximate surface area is 212 Å². The molecule has 2 unspecified atom stereocenters. The number of hydrogen-bond acceptors (Lipinski definition) is 4. The molecule has 4 heterocycles. The maximum absolute atomic E-state index is 15.0. The minimum Gasteiger partial charge on any atom is -0.434 e. The van der Waals surface area contributed by atoms with Gasteiger partial charge in [-0.1, -0.05) is 20.1 Å². The second-order valence-corrected chi connectivity index (χ2v) is 11.9. The molecule has 2 bridgehead atoms. The van der Waals surface area contributed by atoms with Crippen LogP contribution in [0.25, 0.3) is 22.3 Å². The number of aryl methyl sites for hydroxylation is 1. The van der Waals surface area contributed by atoms with E-state index in [1.165, 1.54) is 12.1 Å². The minimum atomic E-state index is -3.02. The fraction of sp³-hybridized carbons (Fsp3) is 0.296. The first-order valence-electron chi connectivity index (χ1n) is 11.9. The number of hydrogen-bond donors (Lipinski definition) is 0. The van der Waals surface area contributed by atoms with Crippen molar-refractivity contribution in [3.8, 4) is 17.0 Å². The molecule has 0 aliphatic carbocycles. The van der Waals surface area contributed by atoms with Crippen LogP contribution in [-0.2, 0) is 0 Å². The van der Waals surface area contributed by atoms with Crippen LogP contribution >= 0.6 is 7.92 Å². The molecule has 10 heteroatoms. The number of carbonyl (C=O) groups excluding carboxylic acids is 1. The predicted molar refractivity (Wildman–Crippen MR) is 137 cm³/mol. The average molecular weight is 524 g/mol. The van der Waals surface area contributed by atoms with Gasteiger partial charge in [-0.15, -0.1) is 0 Å². The van der Waals surface area contributed by atoms with Gasteiger partial charge in [0.15, 0.2) is 0 Å². The number of halogens is 3. The zero-order chi connectivity index (χ0) is 26.2. The van der Waals surface area contributed by atoms with E-state index in [0.29, 0.717) is 45.6 Å². The lowest BCUT2D eigenvalue weighted by Gasteiger charge is -2.24. The van der Waals surface area contributed by atoms with Crippen molar-refractivity contribution in [1.29, 1.82) is 0 Å². The van der Waals surface area contributed by atoms with E-state index < -0.39 is 20.6 Å². The molecule has 2 aliphatic rings. The number of amides is 1. The lowest BCUT2D eigenvalue weighted by atomic mass is 9.97. The highest BCUT2D eigenvalue weighted by Crippen LogP contribution is 2.50. The highest BCUT2D eigenvalue weighted by molar-refractivity contribution is 7.64. The molecule has 6 nitrogen and oxygen atoms in total. The number of imidazole rings is 1. The third-order valence-corrected chi connectivity index (χ3v) is 8.70. The van der Waals surface area contributed by atoms with Gasteiger partial charge < -0.3 is 14.2 Å². The largest absolute Gasteiger partial charge is 0.434 e. The van der Waals surface area contributed by atoms with Crippen molar-refractivity contribution in [2.75, 3.05) is 20.4 Å². The SMILES string of the molecule is Cc1nc(-c2ccc3nc4n(c3c2)C2CC4N(C)C(=O)c3cccc(OC(F)F)c32)cc(F)c1P(C)C. The second-order valence-electron chi connectivity index (χ2n) is 9.64. The first-order chi connectivity index (χ1) is 17.7. The molecule has 1 amide bonds. The van der Waals surface area contributed by atoms with E-state index in [0.717, 1.165) is 11.1 Å². The molecule has 6 rings (SSSR count). The minimum absolute atomic E-state index is 0.0173. The Bertz CT molecular complexity index is 1560. The molecular formula is C27H24F3N4O2P. The van der Waals surface area contributed by atoms with Crippen LogP contribution in [-0.4, -0.2) is 52.3 Å². The van der Waals surface area contributed by atoms with Crippen LogP contribution in [0.15, 0.2) is 42.5 Å². The second kappa shape index (κ2) is 8.55. The monoisotopic (exact) mass is 524 g/mol. The number of ether oxygens (including phenoxy) is 1. The van der Waals surface area contributed by atoms with E-state index in [1.807, 2.05) is 43.0 Å². The van der Waals surface area contributed by atoms with E-state index in [2.05, 4.69) is 4.98 Å². The van der Waals surface area contributed by atoms with Crippen LogP contribution in [0.4, 0.5) is 13.2 Å². The van der Waals surface area contributed by atoms with Crippen LogP contribution in [0.3, 0.4) is 0 Å². The Kier molecular flexibility index (Phi) is 5.53. The molecule has 0 radical (unpaired) electrons. The third-order valence-electron chi connectivity index (χ3n) is 7.27. The lowest BCUT2D eigenvalue weighted by Crippen LogP contribution is -2.30. The first-order valence-corrected chi connectivity index (χ1v) is 14.1. The van der Waals surface area contributed by atoms with Crippen molar-refractivity contribution in [2.24, 2.45) is 0 Å². The van der Waals surface area contributed by atoms with Crippen LogP contribution in [0, 0.1) is 12.7 Å². The number of fused-ring (bicyclic) bond motifs is 9. The number of nitrogens with zero attached hydrogens (tertiary/aromatic N) is 4. The summed E-state index contributed by atoms with van der Waals surface area (Å²) in [5.74, 6) is 0.130. The molecule has 37 heavy (non-hydrogen) atoms. The standard InChI is InChI=1S/C27H24F3N4O2P/c1-13-24(37(3)4)16(28)11-18(31-13)14-8-9-17-19(10-14)34-20-12-21(25(34)32-17)33(2)26(35)15-6-5-7-22(23(15)20)36-27(29)30/h5-11,20-21,27H,12H2,1-4H3. The van der Waals surface area contributed by atoms with E-state index in [9.17, 15) is 18.0 Å². The first kappa shape index (κ1) is 23.9. The number of alkyl halides is 2. The summed E-state index contributed by atoms with van der Waals surface area (Å²) in [6.45, 7) is 2.79. The Morgan fingerprint density at radius 1 is 1.11 bits per heavy atom. The van der Waals surface area contributed by atoms with Gasteiger partial charge in [-0.2, -0.15) is 8.78 Å². The molecule has 0 spiro atoms. The number of rotatable bonds is 4. The fourth-order valence-corrected chi connectivity index (χ4v) is 6.94. The molecule has 2 atom stereocenters. The zero-order valence-corrected chi connectivity index (χ0v) is 21.6. The molecule has 2 aliphatic heterocycles. The lowest BCUT2D eigenvalue weighted by molar-refractivity contribution is -0.0507. The molecule has 4 aromatic rings. The van der Waals surface area contributed by atoms with Gasteiger partial charge in [0.25, 0.3) is 5.91 Å². The molecule has 0 N–H and O–H groups in total. The van der Waals surface area contributed by atoms with Gasteiger partial charge in [-0.05, 0) is 44.5 Å². The highest BCUT2D eigenvalue weighted by Gasteiger charge is 2.45. The van der Waals surface area contributed by atoms with Gasteiger partial charge in [-0.3, -0.25) is 9.78 Å². The smallest absolute Gasteiger partial charge is 0.387 e. The van der Waals surface area contributed by atoms with Crippen molar-refractivity contribution >= 4 is 30.2 Å². The predicted octanol–water partition coefficient (Wildman–Crippen LogP) is 5.63. The summed E-state index contributed by atoms with van der Waals surface area (Å²) >= 11 is 0. The van der Waals surface area contributed by atoms with E-state index in [1.54, 1.807) is 24.1 Å². The Morgan fingerprint density at radius 3 is 2.59 bits per heavy atom. The van der Waals surface area contributed by atoms with Crippen LogP contribution < -0.4 is 10.0 Å². The summed E-state index contributed by atoms with van der Waals surface area (Å²) in [6.07, 6.45) is 0.485. The third kappa shape index (κ3) is 3.62. The maximum atomic E-state index is 15.0.